The molecule has 0 aromatic carbocycles. The van der Waals surface area contributed by atoms with Gasteiger partial charge in [0.05, 0.1) is 0 Å². The lowest BCUT2D eigenvalue weighted by Gasteiger charge is -2.28. The van der Waals surface area contributed by atoms with Gasteiger partial charge in [0, 0.05) is 25.1 Å². The highest BCUT2D eigenvalue weighted by molar-refractivity contribution is 5.86. The van der Waals surface area contributed by atoms with Crippen molar-refractivity contribution in [3.8, 4) is 0 Å². The van der Waals surface area contributed by atoms with Crippen LogP contribution >= 0.6 is 0 Å². The molecule has 1 aromatic rings. The molecule has 1 aliphatic rings. The first kappa shape index (κ1) is 12.8. The van der Waals surface area contributed by atoms with Crippen molar-refractivity contribution in [1.29, 1.82) is 0 Å². The van der Waals surface area contributed by atoms with E-state index in [9.17, 15) is 4.79 Å². The Hall–Kier alpha value is -1.65. The molecule has 0 spiro atoms. The molecule has 0 radical (unpaired) electrons. The predicted octanol–water partition coefficient (Wildman–Crippen LogP) is 2.29. The van der Waals surface area contributed by atoms with Crippen molar-refractivity contribution in [3.05, 3.63) is 17.6 Å². The van der Waals surface area contributed by atoms with Crippen LogP contribution in [-0.2, 0) is 0 Å². The fourth-order valence-corrected chi connectivity index (χ4v) is 2.11. The maximum Gasteiger partial charge on any atom is 0.354 e. The molecule has 98 valence electrons. The van der Waals surface area contributed by atoms with Crippen molar-refractivity contribution in [2.75, 3.05) is 18.0 Å². The van der Waals surface area contributed by atoms with E-state index in [2.05, 4.69) is 14.9 Å². The van der Waals surface area contributed by atoms with Crippen molar-refractivity contribution in [3.63, 3.8) is 0 Å². The Bertz CT molecular complexity index is 440. The van der Waals surface area contributed by atoms with Gasteiger partial charge >= 0.3 is 5.97 Å². The smallest absolute Gasteiger partial charge is 0.354 e. The number of aromatic nitrogens is 2. The summed E-state index contributed by atoms with van der Waals surface area (Å²) in [6.07, 6.45) is 3.53. The molecule has 18 heavy (non-hydrogen) atoms. The second kappa shape index (κ2) is 5.33. The number of carbonyl (C=O) groups is 1. The van der Waals surface area contributed by atoms with Crippen LogP contribution in [0.1, 0.15) is 55.3 Å². The summed E-state index contributed by atoms with van der Waals surface area (Å²) in [5.41, 5.74) is 0.0919. The minimum atomic E-state index is -0.988. The van der Waals surface area contributed by atoms with Crippen LogP contribution in [0.5, 0.6) is 0 Å². The Morgan fingerprint density at radius 3 is 2.50 bits per heavy atom. The van der Waals surface area contributed by atoms with Gasteiger partial charge in [-0.15, -0.1) is 0 Å². The molecule has 5 heteroatoms. The number of anilines is 1. The number of nitrogens with zero attached hydrogens (tertiary/aromatic N) is 3. The van der Waals surface area contributed by atoms with Gasteiger partial charge in [-0.25, -0.2) is 14.8 Å². The molecule has 0 saturated carbocycles. The number of carboxylic acids is 1. The summed E-state index contributed by atoms with van der Waals surface area (Å²) in [7, 11) is 0. The summed E-state index contributed by atoms with van der Waals surface area (Å²) in [5.74, 6) is 0.506. The first-order valence-corrected chi connectivity index (χ1v) is 6.45. The van der Waals surface area contributed by atoms with Gasteiger partial charge in [0.15, 0.2) is 5.69 Å². The number of hydrogen-bond donors (Lipinski definition) is 1. The molecule has 2 heterocycles. The highest BCUT2D eigenvalue weighted by Crippen LogP contribution is 2.21. The average molecular weight is 249 g/mol. The summed E-state index contributed by atoms with van der Waals surface area (Å²) in [5, 5.41) is 9.11. The predicted molar refractivity (Wildman–Crippen MR) is 69.1 cm³/mol. The Morgan fingerprint density at radius 2 is 1.94 bits per heavy atom. The Kier molecular flexibility index (Phi) is 3.79. The fourth-order valence-electron chi connectivity index (χ4n) is 2.11. The average Bonchev–Trinajstić information content (AvgIpc) is 2.39. The topological polar surface area (TPSA) is 66.3 Å². The molecule has 1 N–H and O–H groups in total. The zero-order valence-corrected chi connectivity index (χ0v) is 10.9. The van der Waals surface area contributed by atoms with Crippen molar-refractivity contribution in [2.45, 2.75) is 39.0 Å². The lowest BCUT2D eigenvalue weighted by atomic mass is 10.1. The number of hydrogen-bond acceptors (Lipinski definition) is 4. The largest absolute Gasteiger partial charge is 0.477 e. The monoisotopic (exact) mass is 249 g/mol. The quantitative estimate of drug-likeness (QED) is 0.890. The van der Waals surface area contributed by atoms with Gasteiger partial charge in [-0.1, -0.05) is 13.8 Å². The van der Waals surface area contributed by atoms with E-state index in [4.69, 9.17) is 5.11 Å². The number of rotatable bonds is 3. The van der Waals surface area contributed by atoms with Gasteiger partial charge in [-0.2, -0.15) is 0 Å². The number of aromatic carboxylic acids is 1. The van der Waals surface area contributed by atoms with E-state index in [1.807, 2.05) is 13.8 Å². The molecular formula is C13H19N3O2. The van der Waals surface area contributed by atoms with Crippen molar-refractivity contribution in [1.82, 2.24) is 9.97 Å². The normalized spacial score (nSPS) is 16.1. The van der Waals surface area contributed by atoms with Crippen LogP contribution in [0.25, 0.3) is 0 Å². The minimum absolute atomic E-state index is 0.0919. The van der Waals surface area contributed by atoms with Gasteiger partial charge in [-0.3, -0.25) is 0 Å². The van der Waals surface area contributed by atoms with Crippen LogP contribution in [0.4, 0.5) is 5.82 Å². The van der Waals surface area contributed by atoms with Gasteiger partial charge in [0.2, 0.25) is 0 Å². The van der Waals surface area contributed by atoms with Gasteiger partial charge in [0.25, 0.3) is 0 Å². The molecule has 5 nitrogen and oxygen atoms in total. The van der Waals surface area contributed by atoms with Gasteiger partial charge in [0.1, 0.15) is 11.6 Å². The van der Waals surface area contributed by atoms with E-state index >= 15 is 0 Å². The first-order chi connectivity index (χ1) is 8.58. The van der Waals surface area contributed by atoms with Gasteiger partial charge < -0.3 is 10.0 Å². The van der Waals surface area contributed by atoms with E-state index in [0.717, 1.165) is 31.7 Å². The Balaban J connectivity index is 2.35. The molecule has 0 bridgehead atoms. The van der Waals surface area contributed by atoms with Crippen molar-refractivity contribution >= 4 is 11.8 Å². The zero-order valence-electron chi connectivity index (χ0n) is 10.9. The minimum Gasteiger partial charge on any atom is -0.477 e. The lowest BCUT2D eigenvalue weighted by molar-refractivity contribution is 0.0690. The Morgan fingerprint density at radius 1 is 1.28 bits per heavy atom. The number of carboxylic acid groups (broad SMARTS) is 1. The third-order valence-corrected chi connectivity index (χ3v) is 3.15. The van der Waals surface area contributed by atoms with Crippen LogP contribution in [0.3, 0.4) is 0 Å². The van der Waals surface area contributed by atoms with E-state index in [0.29, 0.717) is 5.82 Å². The summed E-state index contributed by atoms with van der Waals surface area (Å²) in [6.45, 7) is 5.85. The fraction of sp³-hybridized carbons (Fsp3) is 0.615. The van der Waals surface area contributed by atoms with Gasteiger partial charge in [-0.05, 0) is 19.3 Å². The molecule has 1 fully saturated rings. The highest BCUT2D eigenvalue weighted by Gasteiger charge is 2.17. The van der Waals surface area contributed by atoms with E-state index < -0.39 is 5.97 Å². The highest BCUT2D eigenvalue weighted by atomic mass is 16.4. The van der Waals surface area contributed by atoms with Crippen LogP contribution in [0, 0.1) is 0 Å². The standard InChI is InChI=1S/C13H19N3O2/c1-9(2)12-14-10(13(17)18)8-11(15-12)16-6-4-3-5-7-16/h8-9H,3-7H2,1-2H3,(H,17,18). The zero-order chi connectivity index (χ0) is 13.1. The van der Waals surface area contributed by atoms with Crippen LogP contribution in [-0.4, -0.2) is 34.1 Å². The molecule has 1 saturated heterocycles. The van der Waals surface area contributed by atoms with Crippen LogP contribution in [0.15, 0.2) is 6.07 Å². The van der Waals surface area contributed by atoms with Crippen molar-refractivity contribution in [2.24, 2.45) is 0 Å². The van der Waals surface area contributed by atoms with E-state index in [-0.39, 0.29) is 11.6 Å². The third kappa shape index (κ3) is 2.78. The third-order valence-electron chi connectivity index (χ3n) is 3.15. The lowest BCUT2D eigenvalue weighted by Crippen LogP contribution is -2.31. The van der Waals surface area contributed by atoms with Crippen molar-refractivity contribution < 1.29 is 9.90 Å². The molecule has 1 aliphatic heterocycles. The maximum atomic E-state index is 11.1. The molecule has 0 amide bonds. The number of piperidine rings is 1. The molecule has 1 aromatic heterocycles. The summed E-state index contributed by atoms with van der Waals surface area (Å²) in [4.78, 5) is 21.8. The molecule has 0 unspecified atom stereocenters. The SMILES string of the molecule is CC(C)c1nc(C(=O)O)cc(N2CCCCC2)n1. The second-order valence-corrected chi connectivity index (χ2v) is 4.98. The molecule has 0 aliphatic carbocycles. The first-order valence-electron chi connectivity index (χ1n) is 6.45. The van der Waals surface area contributed by atoms with E-state index in [1.54, 1.807) is 6.07 Å². The van der Waals surface area contributed by atoms with Crippen LogP contribution < -0.4 is 4.90 Å². The summed E-state index contributed by atoms with van der Waals surface area (Å²) >= 11 is 0. The molecule has 2 rings (SSSR count). The second-order valence-electron chi connectivity index (χ2n) is 4.98. The Labute approximate surface area is 107 Å². The summed E-state index contributed by atoms with van der Waals surface area (Å²) < 4.78 is 0. The molecule has 0 atom stereocenters. The van der Waals surface area contributed by atoms with E-state index in [1.165, 1.54) is 6.42 Å². The maximum absolute atomic E-state index is 11.1. The summed E-state index contributed by atoms with van der Waals surface area (Å²) in [6, 6.07) is 1.58. The van der Waals surface area contributed by atoms with Crippen LogP contribution in [0.2, 0.25) is 0 Å². The molecular weight excluding hydrogens is 230 g/mol.